The zero-order valence-corrected chi connectivity index (χ0v) is 17.7. The van der Waals surface area contributed by atoms with Gasteiger partial charge in [-0.3, -0.25) is 14.2 Å². The first-order valence-electron chi connectivity index (χ1n) is 9.65. The summed E-state index contributed by atoms with van der Waals surface area (Å²) in [6.07, 6.45) is 3.47. The van der Waals surface area contributed by atoms with Crippen molar-refractivity contribution in [3.05, 3.63) is 28.8 Å². The molecule has 0 saturated heterocycles. The Kier molecular flexibility index (Phi) is 7.43. The maximum atomic E-state index is 12.8. The van der Waals surface area contributed by atoms with Crippen molar-refractivity contribution in [2.24, 2.45) is 5.92 Å². The van der Waals surface area contributed by atoms with Crippen molar-refractivity contribution in [2.45, 2.75) is 52.6 Å². The van der Waals surface area contributed by atoms with E-state index in [2.05, 4.69) is 25.8 Å². The van der Waals surface area contributed by atoms with Crippen LogP contribution >= 0.6 is 0 Å². The van der Waals surface area contributed by atoms with Gasteiger partial charge >= 0.3 is 0 Å². The van der Waals surface area contributed by atoms with Gasteiger partial charge in [0.05, 0.1) is 31.4 Å². The van der Waals surface area contributed by atoms with Crippen LogP contribution in [0, 0.1) is 5.92 Å². The summed E-state index contributed by atoms with van der Waals surface area (Å²) in [4.78, 5) is 31.3. The number of hydrogen-bond donors (Lipinski definition) is 0. The van der Waals surface area contributed by atoms with Gasteiger partial charge in [-0.05, 0) is 31.7 Å². The number of ether oxygens (including phenoxy) is 2. The molecule has 7 heteroatoms. The van der Waals surface area contributed by atoms with Crippen molar-refractivity contribution >= 4 is 16.8 Å². The maximum Gasteiger partial charge on any atom is 0.261 e. The highest BCUT2D eigenvalue weighted by atomic mass is 16.5. The van der Waals surface area contributed by atoms with Crippen molar-refractivity contribution in [1.29, 1.82) is 0 Å². The quantitative estimate of drug-likeness (QED) is 0.659. The lowest BCUT2D eigenvalue weighted by Gasteiger charge is -2.26. The lowest BCUT2D eigenvalue weighted by atomic mass is 10.0. The Balaban J connectivity index is 2.07. The maximum absolute atomic E-state index is 12.8. The molecule has 154 valence electrons. The van der Waals surface area contributed by atoms with E-state index >= 15 is 0 Å². The number of nitrogens with zero attached hydrogens (tertiary/aromatic N) is 3. The van der Waals surface area contributed by atoms with Crippen LogP contribution in [-0.2, 0) is 11.3 Å². The molecule has 2 rings (SSSR count). The lowest BCUT2D eigenvalue weighted by Crippen LogP contribution is -2.36. The topological polar surface area (TPSA) is 73.7 Å². The second-order valence-corrected chi connectivity index (χ2v) is 7.55. The zero-order valence-electron chi connectivity index (χ0n) is 17.7. The fourth-order valence-corrected chi connectivity index (χ4v) is 3.31. The molecule has 0 aliphatic rings. The number of aromatic nitrogens is 2. The minimum Gasteiger partial charge on any atom is -0.493 e. The summed E-state index contributed by atoms with van der Waals surface area (Å²) < 4.78 is 12.1. The molecule has 2 aromatic rings. The highest BCUT2D eigenvalue weighted by Crippen LogP contribution is 2.29. The Morgan fingerprint density at radius 1 is 1.18 bits per heavy atom. The predicted octanol–water partition coefficient (Wildman–Crippen LogP) is 3.09. The molecule has 1 heterocycles. The molecule has 7 nitrogen and oxygen atoms in total. The van der Waals surface area contributed by atoms with Crippen LogP contribution in [0.15, 0.2) is 23.3 Å². The smallest absolute Gasteiger partial charge is 0.261 e. The zero-order chi connectivity index (χ0) is 20.8. The van der Waals surface area contributed by atoms with E-state index in [1.165, 1.54) is 13.4 Å². The van der Waals surface area contributed by atoms with Crippen LogP contribution in [0.3, 0.4) is 0 Å². The molecule has 1 amide bonds. The average Bonchev–Trinajstić information content (AvgIpc) is 2.67. The first-order valence-corrected chi connectivity index (χ1v) is 9.65. The number of fused-ring (bicyclic) bond motifs is 1. The molecule has 0 N–H and O–H groups in total. The van der Waals surface area contributed by atoms with Gasteiger partial charge in [0, 0.05) is 32.1 Å². The van der Waals surface area contributed by atoms with Crippen molar-refractivity contribution < 1.29 is 14.3 Å². The van der Waals surface area contributed by atoms with E-state index in [9.17, 15) is 9.59 Å². The van der Waals surface area contributed by atoms with Gasteiger partial charge < -0.3 is 14.4 Å². The van der Waals surface area contributed by atoms with Gasteiger partial charge in [0.2, 0.25) is 5.91 Å². The minimum atomic E-state index is -0.153. The second kappa shape index (κ2) is 9.57. The Labute approximate surface area is 166 Å². The first-order chi connectivity index (χ1) is 13.3. The lowest BCUT2D eigenvalue weighted by molar-refractivity contribution is -0.132. The van der Waals surface area contributed by atoms with E-state index in [1.54, 1.807) is 28.7 Å². The third-order valence-electron chi connectivity index (χ3n) is 4.99. The number of aryl methyl sites for hydroxylation is 1. The Bertz CT molecular complexity index is 876. The van der Waals surface area contributed by atoms with Crippen molar-refractivity contribution in [2.75, 3.05) is 21.3 Å². The van der Waals surface area contributed by atoms with Gasteiger partial charge in [-0.15, -0.1) is 0 Å². The van der Waals surface area contributed by atoms with Crippen LogP contribution in [0.25, 0.3) is 10.9 Å². The van der Waals surface area contributed by atoms with Crippen LogP contribution in [0.1, 0.15) is 40.0 Å². The van der Waals surface area contributed by atoms with Crippen LogP contribution in [0.4, 0.5) is 0 Å². The Morgan fingerprint density at radius 2 is 1.82 bits per heavy atom. The number of hydrogen-bond acceptors (Lipinski definition) is 5. The van der Waals surface area contributed by atoms with E-state index in [-0.39, 0.29) is 17.5 Å². The summed E-state index contributed by atoms with van der Waals surface area (Å²) in [5.41, 5.74) is 0.400. The molecule has 0 aliphatic carbocycles. The van der Waals surface area contributed by atoms with Crippen molar-refractivity contribution in [3.63, 3.8) is 0 Å². The predicted molar refractivity (Wildman–Crippen MR) is 110 cm³/mol. The van der Waals surface area contributed by atoms with E-state index in [4.69, 9.17) is 9.47 Å². The molecular weight excluding hydrogens is 358 g/mol. The molecule has 28 heavy (non-hydrogen) atoms. The fourth-order valence-electron chi connectivity index (χ4n) is 3.31. The molecule has 0 saturated carbocycles. The highest BCUT2D eigenvalue weighted by Gasteiger charge is 2.17. The summed E-state index contributed by atoms with van der Waals surface area (Å²) in [5.74, 6) is 1.66. The number of carbonyl (C=O) groups is 1. The molecule has 0 radical (unpaired) electrons. The van der Waals surface area contributed by atoms with Crippen LogP contribution < -0.4 is 15.0 Å². The summed E-state index contributed by atoms with van der Waals surface area (Å²) in [5, 5.41) is 0.467. The van der Waals surface area contributed by atoms with Gasteiger partial charge in [-0.2, -0.15) is 0 Å². The second-order valence-electron chi connectivity index (χ2n) is 7.55. The number of rotatable bonds is 9. The van der Waals surface area contributed by atoms with E-state index in [0.29, 0.717) is 47.7 Å². The van der Waals surface area contributed by atoms with E-state index < -0.39 is 0 Å². The molecular formula is C21H31N3O4. The van der Waals surface area contributed by atoms with Gasteiger partial charge in [-0.1, -0.05) is 13.8 Å². The van der Waals surface area contributed by atoms with Gasteiger partial charge in [-0.25, -0.2) is 4.98 Å². The van der Waals surface area contributed by atoms with Crippen molar-refractivity contribution in [3.8, 4) is 11.5 Å². The fraction of sp³-hybridized carbons (Fsp3) is 0.571. The number of methoxy groups -OCH3 is 2. The molecule has 1 aromatic heterocycles. The third kappa shape index (κ3) is 5.03. The first kappa shape index (κ1) is 21.7. The van der Waals surface area contributed by atoms with E-state index in [1.807, 2.05) is 7.05 Å². The summed E-state index contributed by atoms with van der Waals surface area (Å²) in [6.45, 7) is 6.81. The van der Waals surface area contributed by atoms with Gasteiger partial charge in [0.25, 0.3) is 5.56 Å². The Hall–Kier alpha value is -2.57. The SMILES string of the molecule is COc1cc2ncn(CCCC(=O)N(C)C(C)CC(C)C)c(=O)c2cc1OC. The minimum absolute atomic E-state index is 0.0985. The Morgan fingerprint density at radius 3 is 2.43 bits per heavy atom. The number of benzene rings is 1. The molecule has 1 atom stereocenters. The normalized spacial score (nSPS) is 12.2. The molecule has 0 spiro atoms. The average molecular weight is 389 g/mol. The van der Waals surface area contributed by atoms with Crippen LogP contribution in [0.2, 0.25) is 0 Å². The van der Waals surface area contributed by atoms with Gasteiger partial charge in [0.15, 0.2) is 11.5 Å². The monoisotopic (exact) mass is 389 g/mol. The van der Waals surface area contributed by atoms with Crippen LogP contribution in [0.5, 0.6) is 11.5 Å². The highest BCUT2D eigenvalue weighted by molar-refractivity contribution is 5.81. The summed E-state index contributed by atoms with van der Waals surface area (Å²) in [6, 6.07) is 3.54. The largest absolute Gasteiger partial charge is 0.493 e. The summed E-state index contributed by atoms with van der Waals surface area (Å²) >= 11 is 0. The molecule has 0 bridgehead atoms. The number of carbonyl (C=O) groups excluding carboxylic acids is 1. The summed E-state index contributed by atoms with van der Waals surface area (Å²) in [7, 11) is 4.92. The van der Waals surface area contributed by atoms with Crippen LogP contribution in [-0.4, -0.2) is 47.7 Å². The standard InChI is InChI=1S/C21H31N3O4/c1-14(2)10-15(3)23(4)20(25)8-7-9-24-13-22-17-12-19(28-6)18(27-5)11-16(17)21(24)26/h11-15H,7-10H2,1-6H3. The molecule has 1 unspecified atom stereocenters. The third-order valence-corrected chi connectivity index (χ3v) is 4.99. The van der Waals surface area contributed by atoms with E-state index in [0.717, 1.165) is 6.42 Å². The molecule has 0 fully saturated rings. The molecule has 1 aromatic carbocycles. The van der Waals surface area contributed by atoms with Gasteiger partial charge in [0.1, 0.15) is 0 Å². The van der Waals surface area contributed by atoms with Crippen molar-refractivity contribution in [1.82, 2.24) is 14.5 Å². The molecule has 0 aliphatic heterocycles. The number of amides is 1.